The Morgan fingerprint density at radius 1 is 0.733 bits per heavy atom. The zero-order valence-corrected chi connectivity index (χ0v) is 16.7. The average Bonchev–Trinajstić information content (AvgIpc) is 2.79. The molecule has 6 rings (SSSR count). The largest absolute Gasteiger partial charge is 0.462 e. The van der Waals surface area contributed by atoms with Gasteiger partial charge >= 0.3 is 0 Å². The molecule has 0 aromatic heterocycles. The second-order valence-electron chi connectivity index (χ2n) is 7.78. The van der Waals surface area contributed by atoms with E-state index in [-0.39, 0.29) is 6.71 Å². The van der Waals surface area contributed by atoms with Crippen LogP contribution in [0.1, 0.15) is 6.92 Å². The van der Waals surface area contributed by atoms with E-state index < -0.39 is 0 Å². The predicted octanol–water partition coefficient (Wildman–Crippen LogP) is 5.27. The standard InChI is InChI=1S/C27H19BO2/c1-3-8-24-25-17(2)29-26-20-11-6-4-9-18(20)13-15-22(26)28(25)23-16-14-19-10-5-7-12-21(19)27(23)30-24/h3-16H,1H2,2H3/b24-8+. The maximum absolute atomic E-state index is 6.48. The van der Waals surface area contributed by atoms with Crippen LogP contribution in [0.2, 0.25) is 0 Å². The molecule has 2 nitrogen and oxygen atoms in total. The quantitative estimate of drug-likeness (QED) is 0.415. The molecule has 2 heterocycles. The highest BCUT2D eigenvalue weighted by Gasteiger charge is 2.41. The molecule has 2 aliphatic rings. The lowest BCUT2D eigenvalue weighted by Crippen LogP contribution is -2.51. The Bertz CT molecular complexity index is 1430. The Hall–Kier alpha value is -3.72. The van der Waals surface area contributed by atoms with Crippen LogP contribution < -0.4 is 20.4 Å². The van der Waals surface area contributed by atoms with Crippen molar-refractivity contribution in [3.05, 3.63) is 109 Å². The lowest BCUT2D eigenvalue weighted by atomic mass is 9.34. The highest BCUT2D eigenvalue weighted by atomic mass is 16.5. The van der Waals surface area contributed by atoms with Gasteiger partial charge in [-0.05, 0) is 34.7 Å². The van der Waals surface area contributed by atoms with E-state index in [1.54, 1.807) is 6.08 Å². The first-order valence-corrected chi connectivity index (χ1v) is 10.2. The highest BCUT2D eigenvalue weighted by molar-refractivity contribution is 6.93. The maximum Gasteiger partial charge on any atom is 0.260 e. The fraction of sp³-hybridized carbons (Fsp3) is 0.0370. The van der Waals surface area contributed by atoms with Gasteiger partial charge in [-0.2, -0.15) is 0 Å². The van der Waals surface area contributed by atoms with Gasteiger partial charge in [0.05, 0.1) is 5.76 Å². The van der Waals surface area contributed by atoms with Crippen LogP contribution in [0.5, 0.6) is 11.5 Å². The van der Waals surface area contributed by atoms with Gasteiger partial charge in [-0.3, -0.25) is 0 Å². The molecule has 3 heteroatoms. The van der Waals surface area contributed by atoms with E-state index in [0.717, 1.165) is 39.3 Å². The molecule has 0 fully saturated rings. The minimum absolute atomic E-state index is 0.0536. The zero-order chi connectivity index (χ0) is 20.2. The van der Waals surface area contributed by atoms with E-state index in [4.69, 9.17) is 9.47 Å². The molecular weight excluding hydrogens is 367 g/mol. The molecule has 0 radical (unpaired) electrons. The topological polar surface area (TPSA) is 18.5 Å². The van der Waals surface area contributed by atoms with Crippen molar-refractivity contribution >= 4 is 39.2 Å². The third kappa shape index (κ3) is 2.32. The second kappa shape index (κ2) is 6.40. The molecule has 2 aliphatic heterocycles. The van der Waals surface area contributed by atoms with Crippen LogP contribution >= 0.6 is 0 Å². The summed E-state index contributed by atoms with van der Waals surface area (Å²) < 4.78 is 12.9. The minimum Gasteiger partial charge on any atom is -0.462 e. The van der Waals surface area contributed by atoms with Crippen LogP contribution in [0.3, 0.4) is 0 Å². The highest BCUT2D eigenvalue weighted by Crippen LogP contribution is 2.39. The van der Waals surface area contributed by atoms with E-state index in [2.05, 4.69) is 79.4 Å². The van der Waals surface area contributed by atoms with Crippen molar-refractivity contribution in [2.75, 3.05) is 0 Å². The lowest BCUT2D eigenvalue weighted by molar-refractivity contribution is 0.405. The van der Waals surface area contributed by atoms with Gasteiger partial charge < -0.3 is 9.47 Å². The van der Waals surface area contributed by atoms with Gasteiger partial charge in [0.25, 0.3) is 6.71 Å². The van der Waals surface area contributed by atoms with E-state index in [1.807, 2.05) is 13.0 Å². The number of rotatable bonds is 1. The summed E-state index contributed by atoms with van der Waals surface area (Å²) in [5.74, 6) is 3.54. The predicted molar refractivity (Wildman–Crippen MR) is 125 cm³/mol. The van der Waals surface area contributed by atoms with Gasteiger partial charge in [-0.15, -0.1) is 0 Å². The number of hydrogen-bond acceptors (Lipinski definition) is 2. The van der Waals surface area contributed by atoms with Crippen molar-refractivity contribution in [2.45, 2.75) is 6.92 Å². The van der Waals surface area contributed by atoms with Crippen molar-refractivity contribution < 1.29 is 9.47 Å². The molecule has 0 spiro atoms. The molecule has 4 aromatic rings. The summed E-state index contributed by atoms with van der Waals surface area (Å²) in [5, 5.41) is 4.61. The summed E-state index contributed by atoms with van der Waals surface area (Å²) in [6.45, 7) is 5.98. The van der Waals surface area contributed by atoms with Crippen LogP contribution in [0, 0.1) is 0 Å². The Morgan fingerprint density at radius 3 is 1.90 bits per heavy atom. The molecule has 0 unspecified atom stereocenters. The number of fused-ring (bicyclic) bond motifs is 9. The third-order valence-corrected chi connectivity index (χ3v) is 6.11. The van der Waals surface area contributed by atoms with Gasteiger partial charge in [0, 0.05) is 16.2 Å². The average molecular weight is 386 g/mol. The van der Waals surface area contributed by atoms with Gasteiger partial charge in [0.1, 0.15) is 17.3 Å². The smallest absolute Gasteiger partial charge is 0.260 e. The van der Waals surface area contributed by atoms with Crippen molar-refractivity contribution in [3.63, 3.8) is 0 Å². The molecular formula is C27H19BO2. The summed E-state index contributed by atoms with van der Waals surface area (Å²) in [4.78, 5) is 0. The van der Waals surface area contributed by atoms with E-state index in [9.17, 15) is 0 Å². The van der Waals surface area contributed by atoms with Crippen molar-refractivity contribution in [2.24, 2.45) is 0 Å². The normalized spacial score (nSPS) is 16.0. The molecule has 0 saturated carbocycles. The summed E-state index contributed by atoms with van der Waals surface area (Å²) in [6, 6.07) is 25.5. The second-order valence-corrected chi connectivity index (χ2v) is 7.78. The van der Waals surface area contributed by atoms with Crippen molar-refractivity contribution in [1.82, 2.24) is 0 Å². The van der Waals surface area contributed by atoms with E-state index >= 15 is 0 Å². The molecule has 30 heavy (non-hydrogen) atoms. The Kier molecular flexibility index (Phi) is 3.66. The van der Waals surface area contributed by atoms with Crippen molar-refractivity contribution in [1.29, 1.82) is 0 Å². The van der Waals surface area contributed by atoms with Crippen molar-refractivity contribution in [3.8, 4) is 11.5 Å². The minimum atomic E-state index is 0.0536. The van der Waals surface area contributed by atoms with E-state index in [1.165, 1.54) is 21.7 Å². The molecule has 0 aliphatic carbocycles. The van der Waals surface area contributed by atoms with Gasteiger partial charge in [0.15, 0.2) is 0 Å². The van der Waals surface area contributed by atoms with Gasteiger partial charge in [0.2, 0.25) is 0 Å². The molecule has 0 bridgehead atoms. The fourth-order valence-electron chi connectivity index (χ4n) is 4.80. The SMILES string of the molecule is C=C/C=C1/Oc2c(ccc3ccccc23)B2C1=C(C)Oc1c2ccc2ccccc12. The molecule has 0 N–H and O–H groups in total. The summed E-state index contributed by atoms with van der Waals surface area (Å²) >= 11 is 0. The molecule has 0 saturated heterocycles. The lowest BCUT2D eigenvalue weighted by Gasteiger charge is -2.35. The molecule has 4 aromatic carbocycles. The number of hydrogen-bond donors (Lipinski definition) is 0. The Balaban J connectivity index is 1.71. The van der Waals surface area contributed by atoms with Gasteiger partial charge in [-0.1, -0.05) is 85.5 Å². The fourth-order valence-corrected chi connectivity index (χ4v) is 4.80. The monoisotopic (exact) mass is 386 g/mol. The Labute approximate surface area is 175 Å². The Morgan fingerprint density at radius 2 is 1.30 bits per heavy atom. The maximum atomic E-state index is 6.48. The summed E-state index contributed by atoms with van der Waals surface area (Å²) in [7, 11) is 0. The third-order valence-electron chi connectivity index (χ3n) is 6.11. The molecule has 0 atom stereocenters. The van der Waals surface area contributed by atoms with Crippen LogP contribution in [-0.2, 0) is 0 Å². The number of benzene rings is 4. The zero-order valence-electron chi connectivity index (χ0n) is 16.7. The van der Waals surface area contributed by atoms with Crippen LogP contribution in [0.25, 0.3) is 21.5 Å². The first-order chi connectivity index (χ1) is 14.8. The molecule has 142 valence electrons. The first-order valence-electron chi connectivity index (χ1n) is 10.2. The van der Waals surface area contributed by atoms with E-state index in [0.29, 0.717) is 0 Å². The first kappa shape index (κ1) is 17.2. The summed E-state index contributed by atoms with van der Waals surface area (Å²) in [6.07, 6.45) is 3.71. The molecule has 0 amide bonds. The van der Waals surface area contributed by atoms with Crippen LogP contribution in [0.15, 0.2) is 109 Å². The summed E-state index contributed by atoms with van der Waals surface area (Å²) in [5.41, 5.74) is 3.41. The number of allylic oxidation sites excluding steroid dienone is 4. The number of ether oxygens (including phenoxy) is 2. The van der Waals surface area contributed by atoms with Crippen LogP contribution in [0.4, 0.5) is 0 Å². The van der Waals surface area contributed by atoms with Crippen LogP contribution in [-0.4, -0.2) is 6.71 Å². The van der Waals surface area contributed by atoms with Gasteiger partial charge in [-0.25, -0.2) is 0 Å².